The Kier molecular flexibility index (Phi) is 5.25. The van der Waals surface area contributed by atoms with Crippen LogP contribution in [0.25, 0.3) is 0 Å². The predicted octanol–water partition coefficient (Wildman–Crippen LogP) is 1.13. The molecule has 1 aliphatic heterocycles. The van der Waals surface area contributed by atoms with E-state index in [9.17, 15) is 5.11 Å². The molecule has 4 heteroatoms. The van der Waals surface area contributed by atoms with Gasteiger partial charge < -0.3 is 14.7 Å². The molecule has 1 heterocycles. The van der Waals surface area contributed by atoms with E-state index in [1.807, 2.05) is 0 Å². The van der Waals surface area contributed by atoms with Gasteiger partial charge in [0.15, 0.2) is 0 Å². The third-order valence-electron chi connectivity index (χ3n) is 3.08. The smallest absolute Gasteiger partial charge is 0.213 e. The van der Waals surface area contributed by atoms with Gasteiger partial charge in [-0.25, -0.2) is 0 Å². The zero-order chi connectivity index (χ0) is 12.1. The van der Waals surface area contributed by atoms with Gasteiger partial charge in [-0.3, -0.25) is 5.32 Å². The summed E-state index contributed by atoms with van der Waals surface area (Å²) >= 11 is 0. The van der Waals surface area contributed by atoms with Crippen LogP contribution < -0.4 is 5.32 Å². The lowest BCUT2D eigenvalue weighted by molar-refractivity contribution is -0.105. The van der Waals surface area contributed by atoms with E-state index in [0.717, 1.165) is 18.8 Å². The molecule has 0 unspecified atom stereocenters. The highest BCUT2D eigenvalue weighted by Gasteiger charge is 2.25. The van der Waals surface area contributed by atoms with E-state index in [4.69, 9.17) is 4.74 Å². The highest BCUT2D eigenvalue weighted by Crippen LogP contribution is 2.20. The number of nitrogens with one attached hydrogen (secondary N) is 1. The zero-order valence-corrected chi connectivity index (χ0v) is 10.6. The van der Waals surface area contributed by atoms with E-state index in [0.29, 0.717) is 5.92 Å². The molecule has 1 rings (SSSR count). The Labute approximate surface area is 98.3 Å². The number of hydrogen-bond donors (Lipinski definition) is 2. The summed E-state index contributed by atoms with van der Waals surface area (Å²) in [5.74, 6) is 0.373. The van der Waals surface area contributed by atoms with Gasteiger partial charge in [-0.2, -0.15) is 0 Å². The van der Waals surface area contributed by atoms with Crippen molar-refractivity contribution in [2.75, 3.05) is 20.2 Å². The summed E-state index contributed by atoms with van der Waals surface area (Å²) in [7, 11) is 1.48. The van der Waals surface area contributed by atoms with Gasteiger partial charge in [-0.15, -0.1) is 0 Å². The van der Waals surface area contributed by atoms with E-state index in [1.165, 1.54) is 20.0 Å². The molecule has 0 spiro atoms. The van der Waals surface area contributed by atoms with E-state index in [-0.39, 0.29) is 6.04 Å². The Morgan fingerprint density at radius 1 is 1.38 bits per heavy atom. The summed E-state index contributed by atoms with van der Waals surface area (Å²) in [6.45, 7) is 10.5. The first-order valence-electron chi connectivity index (χ1n) is 5.97. The molecule has 0 aliphatic carbocycles. The van der Waals surface area contributed by atoms with Crippen LogP contribution in [0.1, 0.15) is 26.7 Å². The summed E-state index contributed by atoms with van der Waals surface area (Å²) in [6, 6.07) is 0.0630. The number of likely N-dealkylation sites (tertiary alicyclic amines) is 1. The van der Waals surface area contributed by atoms with Crippen molar-refractivity contribution in [2.45, 2.75) is 39.1 Å². The lowest BCUT2D eigenvalue weighted by Crippen LogP contribution is -2.46. The van der Waals surface area contributed by atoms with E-state index < -0.39 is 6.41 Å². The van der Waals surface area contributed by atoms with Crippen LogP contribution in [0, 0.1) is 5.92 Å². The first-order valence-corrected chi connectivity index (χ1v) is 5.97. The van der Waals surface area contributed by atoms with Crippen molar-refractivity contribution >= 4 is 0 Å². The van der Waals surface area contributed by atoms with Gasteiger partial charge in [0, 0.05) is 25.9 Å². The van der Waals surface area contributed by atoms with Crippen LogP contribution in [0.4, 0.5) is 0 Å². The Morgan fingerprint density at radius 2 is 1.94 bits per heavy atom. The molecule has 2 atom stereocenters. The number of rotatable bonds is 6. The van der Waals surface area contributed by atoms with Gasteiger partial charge in [-0.05, 0) is 18.8 Å². The lowest BCUT2D eigenvalue weighted by atomic mass is 10.0. The van der Waals surface area contributed by atoms with E-state index in [2.05, 4.69) is 30.6 Å². The van der Waals surface area contributed by atoms with Crippen LogP contribution in [0.15, 0.2) is 12.3 Å². The highest BCUT2D eigenvalue weighted by molar-refractivity contribution is 5.07. The number of aliphatic hydroxyl groups excluding tert-OH is 1. The fourth-order valence-electron chi connectivity index (χ4n) is 2.10. The molecular weight excluding hydrogens is 204 g/mol. The maximum atomic E-state index is 9.48. The molecule has 4 nitrogen and oxygen atoms in total. The van der Waals surface area contributed by atoms with Crippen LogP contribution in [-0.4, -0.2) is 42.7 Å². The minimum Gasteiger partial charge on any atom is -0.374 e. The normalized spacial score (nSPS) is 20.2. The molecule has 0 bridgehead atoms. The first-order chi connectivity index (χ1) is 7.56. The van der Waals surface area contributed by atoms with Gasteiger partial charge in [0.1, 0.15) is 0 Å². The molecule has 0 aromatic carbocycles. The number of aliphatic hydroxyl groups is 1. The largest absolute Gasteiger partial charge is 0.374 e. The van der Waals surface area contributed by atoms with Crippen LogP contribution in [0.3, 0.4) is 0 Å². The van der Waals surface area contributed by atoms with Gasteiger partial charge in [-0.1, -0.05) is 20.4 Å². The highest BCUT2D eigenvalue weighted by atomic mass is 16.6. The average Bonchev–Trinajstić information content (AvgIpc) is 2.77. The van der Waals surface area contributed by atoms with Crippen molar-refractivity contribution in [3.05, 3.63) is 12.3 Å². The van der Waals surface area contributed by atoms with Gasteiger partial charge in [0.05, 0.1) is 6.04 Å². The summed E-state index contributed by atoms with van der Waals surface area (Å²) in [6.07, 6.45) is 1.54. The van der Waals surface area contributed by atoms with Crippen molar-refractivity contribution in [1.82, 2.24) is 10.2 Å². The third-order valence-corrected chi connectivity index (χ3v) is 3.08. The molecule has 1 saturated heterocycles. The maximum Gasteiger partial charge on any atom is 0.213 e. The Morgan fingerprint density at radius 3 is 2.38 bits per heavy atom. The average molecular weight is 228 g/mol. The summed E-state index contributed by atoms with van der Waals surface area (Å²) in [5.41, 5.74) is 1.06. The summed E-state index contributed by atoms with van der Waals surface area (Å²) in [5, 5.41) is 12.5. The minimum absolute atomic E-state index is 0.0630. The van der Waals surface area contributed by atoms with Crippen molar-refractivity contribution in [1.29, 1.82) is 0 Å². The number of ether oxygens (including phenoxy) is 1. The van der Waals surface area contributed by atoms with Crippen LogP contribution in [0.2, 0.25) is 0 Å². The van der Waals surface area contributed by atoms with Gasteiger partial charge in [0.2, 0.25) is 6.41 Å². The molecular formula is C12H24N2O2. The molecule has 1 fully saturated rings. The van der Waals surface area contributed by atoms with Gasteiger partial charge in [0.25, 0.3) is 0 Å². The van der Waals surface area contributed by atoms with Crippen LogP contribution in [-0.2, 0) is 4.74 Å². The fourth-order valence-corrected chi connectivity index (χ4v) is 2.10. The Bertz CT molecular complexity index is 225. The number of hydrogen-bond acceptors (Lipinski definition) is 4. The van der Waals surface area contributed by atoms with Crippen molar-refractivity contribution in [2.24, 2.45) is 5.92 Å². The standard InChI is InChI=1S/C12H24N2O2/c1-9(2)11(13-12(15)16-4)10(3)14-7-5-6-8-14/h9,11-13,15H,3,5-8H2,1-2,4H3/t11-,12+/m0/s1. The molecule has 1 aliphatic rings. The van der Waals surface area contributed by atoms with Crippen LogP contribution in [0.5, 0.6) is 0 Å². The fraction of sp³-hybridized carbons (Fsp3) is 0.833. The number of methoxy groups -OCH3 is 1. The number of nitrogens with zero attached hydrogens (tertiary/aromatic N) is 1. The summed E-state index contributed by atoms with van der Waals surface area (Å²) < 4.78 is 4.83. The van der Waals surface area contributed by atoms with E-state index >= 15 is 0 Å². The predicted molar refractivity (Wildman–Crippen MR) is 64.7 cm³/mol. The van der Waals surface area contributed by atoms with Crippen molar-refractivity contribution in [3.8, 4) is 0 Å². The molecule has 0 amide bonds. The van der Waals surface area contributed by atoms with Gasteiger partial charge >= 0.3 is 0 Å². The first kappa shape index (κ1) is 13.5. The summed E-state index contributed by atoms with van der Waals surface area (Å²) in [4.78, 5) is 2.29. The SMILES string of the molecule is C=C([C@@H](N[C@H](O)OC)C(C)C)N1CCCC1. The monoisotopic (exact) mass is 228 g/mol. The minimum atomic E-state index is -0.924. The molecule has 94 valence electrons. The maximum absolute atomic E-state index is 9.48. The Balaban J connectivity index is 2.57. The molecule has 0 aromatic heterocycles. The zero-order valence-electron chi connectivity index (χ0n) is 10.6. The topological polar surface area (TPSA) is 44.7 Å². The second kappa shape index (κ2) is 6.23. The molecule has 16 heavy (non-hydrogen) atoms. The Hall–Kier alpha value is -0.580. The lowest BCUT2D eigenvalue weighted by Gasteiger charge is -2.32. The van der Waals surface area contributed by atoms with Crippen molar-refractivity contribution in [3.63, 3.8) is 0 Å². The quantitative estimate of drug-likeness (QED) is 0.669. The molecule has 0 aromatic rings. The van der Waals surface area contributed by atoms with Crippen molar-refractivity contribution < 1.29 is 9.84 Å². The molecule has 2 N–H and O–H groups in total. The van der Waals surface area contributed by atoms with Crippen LogP contribution >= 0.6 is 0 Å². The second-order valence-electron chi connectivity index (χ2n) is 4.66. The second-order valence-corrected chi connectivity index (χ2v) is 4.66. The molecule has 0 radical (unpaired) electrons. The third kappa shape index (κ3) is 3.47. The molecule has 0 saturated carbocycles. The van der Waals surface area contributed by atoms with E-state index in [1.54, 1.807) is 0 Å².